The zero-order valence-electron chi connectivity index (χ0n) is 10.3. The monoisotopic (exact) mass is 235 g/mol. The van der Waals surface area contributed by atoms with Gasteiger partial charge in [0.15, 0.2) is 0 Å². The second kappa shape index (κ2) is 5.19. The van der Waals surface area contributed by atoms with Crippen LogP contribution in [0.5, 0.6) is 0 Å². The zero-order valence-corrected chi connectivity index (χ0v) is 10.3. The normalized spacial score (nSPS) is 22.6. The average molecular weight is 235 g/mol. The van der Waals surface area contributed by atoms with Crippen LogP contribution in [0.15, 0.2) is 12.3 Å². The lowest BCUT2D eigenvalue weighted by molar-refractivity contribution is 0.00573. The van der Waals surface area contributed by atoms with Crippen LogP contribution in [0.4, 0.5) is 0 Å². The lowest BCUT2D eigenvalue weighted by Crippen LogP contribution is -2.48. The number of nitrogens with one attached hydrogen (secondary N) is 1. The molecule has 0 unspecified atom stereocenters. The highest BCUT2D eigenvalue weighted by Crippen LogP contribution is 2.27. The van der Waals surface area contributed by atoms with Crippen molar-refractivity contribution in [2.75, 3.05) is 13.1 Å². The molecular weight excluding hydrogens is 214 g/mol. The van der Waals surface area contributed by atoms with Crippen LogP contribution in [0.3, 0.4) is 0 Å². The number of hydrogen-bond donors (Lipinski definition) is 1. The van der Waals surface area contributed by atoms with Gasteiger partial charge in [-0.05, 0) is 18.9 Å². The van der Waals surface area contributed by atoms with Crippen molar-refractivity contribution in [2.24, 2.45) is 0 Å². The highest BCUT2D eigenvalue weighted by Gasteiger charge is 2.18. The van der Waals surface area contributed by atoms with Crippen molar-refractivity contribution in [3.05, 3.63) is 18.0 Å². The summed E-state index contributed by atoms with van der Waals surface area (Å²) in [6.45, 7) is 2.64. The third-order valence-corrected chi connectivity index (χ3v) is 3.82. The molecule has 4 nitrogen and oxygen atoms in total. The van der Waals surface area contributed by atoms with Gasteiger partial charge in [-0.25, -0.2) is 0 Å². The van der Waals surface area contributed by atoms with Gasteiger partial charge in [-0.3, -0.25) is 4.68 Å². The zero-order chi connectivity index (χ0) is 11.5. The molecule has 0 radical (unpaired) electrons. The summed E-state index contributed by atoms with van der Waals surface area (Å²) in [6, 6.07) is 2.73. The summed E-state index contributed by atoms with van der Waals surface area (Å²) < 4.78 is 7.88. The van der Waals surface area contributed by atoms with Gasteiger partial charge in [0.05, 0.1) is 24.4 Å². The molecule has 0 spiro atoms. The Labute approximate surface area is 102 Å². The number of rotatable bonds is 4. The van der Waals surface area contributed by atoms with Crippen LogP contribution in [0, 0.1) is 0 Å². The minimum atomic E-state index is 0.398. The third-order valence-electron chi connectivity index (χ3n) is 3.82. The van der Waals surface area contributed by atoms with E-state index in [9.17, 15) is 0 Å². The first-order valence-electron chi connectivity index (χ1n) is 6.78. The Bertz CT molecular complexity index is 353. The van der Waals surface area contributed by atoms with E-state index >= 15 is 0 Å². The minimum absolute atomic E-state index is 0.398. The molecule has 1 aliphatic carbocycles. The molecule has 1 saturated carbocycles. The molecule has 1 N–H and O–H groups in total. The third kappa shape index (κ3) is 2.69. The first-order valence-corrected chi connectivity index (χ1v) is 6.78. The van der Waals surface area contributed by atoms with Gasteiger partial charge in [0, 0.05) is 19.3 Å². The van der Waals surface area contributed by atoms with Gasteiger partial charge in [0.25, 0.3) is 0 Å². The summed E-state index contributed by atoms with van der Waals surface area (Å²) >= 11 is 0. The molecule has 4 heteroatoms. The second-order valence-corrected chi connectivity index (χ2v) is 5.17. The fourth-order valence-corrected chi connectivity index (χ4v) is 2.59. The van der Waals surface area contributed by atoms with Crippen LogP contribution in [-0.4, -0.2) is 29.0 Å². The Hall–Kier alpha value is -0.870. The quantitative estimate of drug-likeness (QED) is 0.866. The van der Waals surface area contributed by atoms with E-state index in [0.29, 0.717) is 18.8 Å². The van der Waals surface area contributed by atoms with Crippen molar-refractivity contribution in [3.8, 4) is 0 Å². The molecule has 2 aliphatic rings. The fraction of sp³-hybridized carbons (Fsp3) is 0.769. The molecule has 1 saturated heterocycles. The molecule has 2 heterocycles. The number of ether oxygens (including phenoxy) is 1. The average Bonchev–Trinajstić information content (AvgIpc) is 2.77. The summed E-state index contributed by atoms with van der Waals surface area (Å²) in [4.78, 5) is 0. The lowest BCUT2D eigenvalue weighted by Gasteiger charge is -2.26. The first kappa shape index (κ1) is 11.2. The number of aromatic nitrogens is 2. The van der Waals surface area contributed by atoms with E-state index in [-0.39, 0.29) is 0 Å². The van der Waals surface area contributed by atoms with Crippen molar-refractivity contribution in [1.82, 2.24) is 15.1 Å². The van der Waals surface area contributed by atoms with Crippen LogP contribution in [0.25, 0.3) is 0 Å². The van der Waals surface area contributed by atoms with E-state index in [1.165, 1.54) is 32.1 Å². The molecule has 1 aliphatic heterocycles. The van der Waals surface area contributed by atoms with E-state index in [4.69, 9.17) is 4.74 Å². The fourth-order valence-electron chi connectivity index (χ4n) is 2.59. The standard InChI is InChI=1S/C13H21N3O/c1-2-4-12(5-3-1)16-7-6-11(15-16)10-17-13-8-14-9-13/h6-7,12-14H,1-5,8-10H2. The second-order valence-electron chi connectivity index (χ2n) is 5.17. The highest BCUT2D eigenvalue weighted by atomic mass is 16.5. The van der Waals surface area contributed by atoms with Gasteiger partial charge in [0.1, 0.15) is 0 Å². The Morgan fingerprint density at radius 3 is 2.82 bits per heavy atom. The van der Waals surface area contributed by atoms with Gasteiger partial charge in [0.2, 0.25) is 0 Å². The predicted octanol–water partition coefficient (Wildman–Crippen LogP) is 1.88. The molecule has 17 heavy (non-hydrogen) atoms. The lowest BCUT2D eigenvalue weighted by atomic mass is 9.96. The molecule has 1 aromatic rings. The van der Waals surface area contributed by atoms with Gasteiger partial charge >= 0.3 is 0 Å². The van der Waals surface area contributed by atoms with Gasteiger partial charge in [-0.15, -0.1) is 0 Å². The summed E-state index contributed by atoms with van der Waals surface area (Å²) in [6.07, 6.45) is 9.18. The van der Waals surface area contributed by atoms with Crippen LogP contribution < -0.4 is 5.32 Å². The molecule has 0 amide bonds. The van der Waals surface area contributed by atoms with Crippen LogP contribution in [0.2, 0.25) is 0 Å². The van der Waals surface area contributed by atoms with Crippen molar-refractivity contribution in [2.45, 2.75) is 50.9 Å². The summed E-state index contributed by atoms with van der Waals surface area (Å²) in [7, 11) is 0. The maximum Gasteiger partial charge on any atom is 0.0911 e. The highest BCUT2D eigenvalue weighted by molar-refractivity contribution is 4.99. The molecular formula is C13H21N3O. The van der Waals surface area contributed by atoms with Crippen LogP contribution in [-0.2, 0) is 11.3 Å². The SMILES string of the molecule is c1cn(C2CCCCC2)nc1COC1CNC1. The van der Waals surface area contributed by atoms with Crippen LogP contribution >= 0.6 is 0 Å². The van der Waals surface area contributed by atoms with Crippen LogP contribution in [0.1, 0.15) is 43.8 Å². The number of hydrogen-bond acceptors (Lipinski definition) is 3. The largest absolute Gasteiger partial charge is 0.369 e. The van der Waals surface area contributed by atoms with Crippen molar-refractivity contribution >= 4 is 0 Å². The van der Waals surface area contributed by atoms with Crippen molar-refractivity contribution in [1.29, 1.82) is 0 Å². The van der Waals surface area contributed by atoms with E-state index in [2.05, 4.69) is 27.4 Å². The molecule has 0 atom stereocenters. The van der Waals surface area contributed by atoms with Gasteiger partial charge in [-0.2, -0.15) is 5.10 Å². The predicted molar refractivity (Wildman–Crippen MR) is 65.8 cm³/mol. The molecule has 3 rings (SSSR count). The van der Waals surface area contributed by atoms with E-state index in [1.807, 2.05) is 0 Å². The summed E-state index contributed by atoms with van der Waals surface area (Å²) in [5, 5.41) is 7.84. The van der Waals surface area contributed by atoms with Crippen molar-refractivity contribution in [3.63, 3.8) is 0 Å². The Morgan fingerprint density at radius 1 is 1.29 bits per heavy atom. The summed E-state index contributed by atoms with van der Waals surface area (Å²) in [5.74, 6) is 0. The minimum Gasteiger partial charge on any atom is -0.369 e. The van der Waals surface area contributed by atoms with Crippen molar-refractivity contribution < 1.29 is 4.74 Å². The van der Waals surface area contributed by atoms with E-state index < -0.39 is 0 Å². The molecule has 0 aromatic carbocycles. The molecule has 1 aromatic heterocycles. The van der Waals surface area contributed by atoms with E-state index in [0.717, 1.165) is 18.8 Å². The maximum atomic E-state index is 5.73. The summed E-state index contributed by atoms with van der Waals surface area (Å²) in [5.41, 5.74) is 1.07. The molecule has 94 valence electrons. The van der Waals surface area contributed by atoms with E-state index in [1.54, 1.807) is 0 Å². The topological polar surface area (TPSA) is 39.1 Å². The molecule has 0 bridgehead atoms. The Morgan fingerprint density at radius 2 is 2.12 bits per heavy atom. The maximum absolute atomic E-state index is 5.73. The van der Waals surface area contributed by atoms with Gasteiger partial charge < -0.3 is 10.1 Å². The first-order chi connectivity index (χ1) is 8.42. The number of nitrogens with zero attached hydrogens (tertiary/aromatic N) is 2. The van der Waals surface area contributed by atoms with Gasteiger partial charge in [-0.1, -0.05) is 19.3 Å². The smallest absolute Gasteiger partial charge is 0.0911 e. The Balaban J connectivity index is 1.53. The Kier molecular flexibility index (Phi) is 3.43. The molecule has 2 fully saturated rings.